The highest BCUT2D eigenvalue weighted by molar-refractivity contribution is 6.17. The number of halogens is 1. The second kappa shape index (κ2) is 6.14. The van der Waals surface area contributed by atoms with Gasteiger partial charge in [-0.05, 0) is 37.6 Å². The maximum Gasteiger partial charge on any atom is 0.137 e. The molecule has 0 N–H and O–H groups in total. The van der Waals surface area contributed by atoms with Crippen LogP contribution in [0, 0.1) is 13.8 Å². The Bertz CT molecular complexity index is 613. The Morgan fingerprint density at radius 2 is 2.00 bits per heavy atom. The van der Waals surface area contributed by atoms with E-state index < -0.39 is 0 Å². The van der Waals surface area contributed by atoms with E-state index in [1.54, 1.807) is 7.11 Å². The Balaban J connectivity index is 2.49. The van der Waals surface area contributed by atoms with Gasteiger partial charge in [-0.1, -0.05) is 6.07 Å². The molecule has 0 aliphatic carbocycles. The maximum atomic E-state index is 6.09. The number of hydrogen-bond donors (Lipinski definition) is 0. The van der Waals surface area contributed by atoms with Crippen LogP contribution in [-0.4, -0.2) is 19.1 Å². The molecule has 2 aromatic rings. The molecule has 20 heavy (non-hydrogen) atoms. The van der Waals surface area contributed by atoms with E-state index in [1.165, 1.54) is 0 Å². The first-order valence-electron chi connectivity index (χ1n) is 6.47. The molecule has 0 unspecified atom stereocenters. The zero-order chi connectivity index (χ0) is 14.7. The minimum absolute atomic E-state index is 0.447. The molecule has 0 atom stereocenters. The lowest BCUT2D eigenvalue weighted by Crippen LogP contribution is -2.14. The maximum absolute atomic E-state index is 6.09. The number of ether oxygens (including phenoxy) is 1. The van der Waals surface area contributed by atoms with E-state index in [9.17, 15) is 0 Å². The van der Waals surface area contributed by atoms with Gasteiger partial charge >= 0.3 is 0 Å². The van der Waals surface area contributed by atoms with Crippen molar-refractivity contribution in [2.45, 2.75) is 19.7 Å². The third-order valence-corrected chi connectivity index (χ3v) is 3.61. The molecular weight excluding hydrogens is 272 g/mol. The fourth-order valence-electron chi connectivity index (χ4n) is 2.23. The zero-order valence-electron chi connectivity index (χ0n) is 12.3. The molecule has 106 valence electrons. The Labute approximate surface area is 125 Å². The highest BCUT2D eigenvalue weighted by Crippen LogP contribution is 2.30. The first-order valence-corrected chi connectivity index (χ1v) is 7.01. The molecule has 0 radical (unpaired) electrons. The molecule has 0 fully saturated rings. The van der Waals surface area contributed by atoms with Gasteiger partial charge in [0.2, 0.25) is 0 Å². The van der Waals surface area contributed by atoms with Gasteiger partial charge in [-0.3, -0.25) is 0 Å². The summed E-state index contributed by atoms with van der Waals surface area (Å²) in [6.45, 7) is 4.06. The van der Waals surface area contributed by atoms with E-state index in [1.807, 2.05) is 43.1 Å². The summed E-state index contributed by atoms with van der Waals surface area (Å²) in [5.41, 5.74) is 4.23. The van der Waals surface area contributed by atoms with Crippen molar-refractivity contribution in [2.75, 3.05) is 19.1 Å². The molecule has 0 aliphatic rings. The minimum atomic E-state index is 0.447. The number of pyridine rings is 1. The normalized spacial score (nSPS) is 10.4. The lowest BCUT2D eigenvalue weighted by Gasteiger charge is -2.23. The Morgan fingerprint density at radius 3 is 2.65 bits per heavy atom. The molecule has 0 saturated heterocycles. The smallest absolute Gasteiger partial charge is 0.137 e. The average Bonchev–Trinajstić information content (AvgIpc) is 2.45. The van der Waals surface area contributed by atoms with Gasteiger partial charge in [-0.25, -0.2) is 4.98 Å². The number of hydrogen-bond acceptors (Lipinski definition) is 3. The Morgan fingerprint density at radius 1 is 1.25 bits per heavy atom. The molecule has 1 heterocycles. The zero-order valence-corrected chi connectivity index (χ0v) is 13.0. The van der Waals surface area contributed by atoms with Crippen LogP contribution >= 0.6 is 11.6 Å². The van der Waals surface area contributed by atoms with Crippen LogP contribution in [0.2, 0.25) is 0 Å². The van der Waals surface area contributed by atoms with E-state index >= 15 is 0 Å². The molecule has 0 spiro atoms. The molecular formula is C16H19ClN2O. The molecule has 3 nitrogen and oxygen atoms in total. The summed E-state index contributed by atoms with van der Waals surface area (Å²) in [6.07, 6.45) is 0. The van der Waals surface area contributed by atoms with Gasteiger partial charge < -0.3 is 9.64 Å². The van der Waals surface area contributed by atoms with E-state index in [-0.39, 0.29) is 0 Å². The second-order valence-electron chi connectivity index (χ2n) is 4.78. The predicted octanol–water partition coefficient (Wildman–Crippen LogP) is 4.21. The van der Waals surface area contributed by atoms with Crippen molar-refractivity contribution in [3.8, 4) is 5.75 Å². The Hall–Kier alpha value is -1.74. The van der Waals surface area contributed by atoms with E-state index in [0.717, 1.165) is 34.1 Å². The number of rotatable bonds is 4. The number of anilines is 2. The van der Waals surface area contributed by atoms with Gasteiger partial charge in [0.15, 0.2) is 0 Å². The summed E-state index contributed by atoms with van der Waals surface area (Å²) in [5, 5.41) is 0. The van der Waals surface area contributed by atoms with Gasteiger partial charge in [0, 0.05) is 30.1 Å². The van der Waals surface area contributed by atoms with Crippen LogP contribution in [0.15, 0.2) is 30.3 Å². The Kier molecular flexibility index (Phi) is 4.50. The fraction of sp³-hybridized carbons (Fsp3) is 0.312. The number of methoxy groups -OCH3 is 1. The van der Waals surface area contributed by atoms with Gasteiger partial charge in [-0.15, -0.1) is 11.6 Å². The van der Waals surface area contributed by atoms with Crippen molar-refractivity contribution in [3.05, 3.63) is 47.2 Å². The highest BCUT2D eigenvalue weighted by Gasteiger charge is 2.14. The summed E-state index contributed by atoms with van der Waals surface area (Å²) >= 11 is 6.09. The molecule has 2 rings (SSSR count). The number of nitrogens with zero attached hydrogens (tertiary/aromatic N) is 2. The topological polar surface area (TPSA) is 25.4 Å². The van der Waals surface area contributed by atoms with Crippen molar-refractivity contribution in [1.82, 2.24) is 4.98 Å². The monoisotopic (exact) mass is 290 g/mol. The van der Waals surface area contributed by atoms with Crippen LogP contribution < -0.4 is 9.64 Å². The standard InChI is InChI=1S/C16H19ClN2O/c1-11-8-12(2)18-16(15(11)10-17)19(3)13-6-5-7-14(9-13)20-4/h5-9H,10H2,1-4H3. The van der Waals surface area contributed by atoms with Crippen molar-refractivity contribution in [1.29, 1.82) is 0 Å². The van der Waals surface area contributed by atoms with Crippen LogP contribution in [0.3, 0.4) is 0 Å². The molecule has 0 bridgehead atoms. The summed E-state index contributed by atoms with van der Waals surface area (Å²) in [6, 6.07) is 9.96. The van der Waals surface area contributed by atoms with E-state index in [4.69, 9.17) is 16.3 Å². The van der Waals surface area contributed by atoms with Gasteiger partial charge in [-0.2, -0.15) is 0 Å². The molecule has 0 amide bonds. The number of aromatic nitrogens is 1. The van der Waals surface area contributed by atoms with Crippen molar-refractivity contribution in [2.24, 2.45) is 0 Å². The van der Waals surface area contributed by atoms with Gasteiger partial charge in [0.25, 0.3) is 0 Å². The first kappa shape index (κ1) is 14.7. The SMILES string of the molecule is COc1cccc(N(C)c2nc(C)cc(C)c2CCl)c1. The average molecular weight is 291 g/mol. The summed E-state index contributed by atoms with van der Waals surface area (Å²) in [5.74, 6) is 2.17. The van der Waals surface area contributed by atoms with Crippen LogP contribution in [0.1, 0.15) is 16.8 Å². The largest absolute Gasteiger partial charge is 0.497 e. The third-order valence-electron chi connectivity index (χ3n) is 3.35. The minimum Gasteiger partial charge on any atom is -0.497 e. The van der Waals surface area contributed by atoms with E-state index in [0.29, 0.717) is 5.88 Å². The summed E-state index contributed by atoms with van der Waals surface area (Å²) < 4.78 is 5.27. The third kappa shape index (κ3) is 2.88. The molecule has 4 heteroatoms. The second-order valence-corrected chi connectivity index (χ2v) is 5.04. The molecule has 0 saturated carbocycles. The lowest BCUT2D eigenvalue weighted by molar-refractivity contribution is 0.415. The molecule has 1 aromatic heterocycles. The van der Waals surface area contributed by atoms with Crippen molar-refractivity contribution in [3.63, 3.8) is 0 Å². The van der Waals surface area contributed by atoms with E-state index in [2.05, 4.69) is 18.0 Å². The van der Waals surface area contributed by atoms with Crippen LogP contribution in [0.5, 0.6) is 5.75 Å². The fourth-order valence-corrected chi connectivity index (χ4v) is 2.56. The molecule has 0 aliphatic heterocycles. The van der Waals surface area contributed by atoms with Crippen molar-refractivity contribution >= 4 is 23.1 Å². The van der Waals surface area contributed by atoms with Gasteiger partial charge in [0.1, 0.15) is 11.6 Å². The number of aryl methyl sites for hydroxylation is 2. The summed E-state index contributed by atoms with van der Waals surface area (Å²) in [4.78, 5) is 6.68. The summed E-state index contributed by atoms with van der Waals surface area (Å²) in [7, 11) is 3.66. The van der Waals surface area contributed by atoms with Crippen LogP contribution in [-0.2, 0) is 5.88 Å². The predicted molar refractivity (Wildman–Crippen MR) is 84.3 cm³/mol. The van der Waals surface area contributed by atoms with Crippen LogP contribution in [0.25, 0.3) is 0 Å². The quantitative estimate of drug-likeness (QED) is 0.789. The lowest BCUT2D eigenvalue weighted by atomic mass is 10.1. The number of alkyl halides is 1. The van der Waals surface area contributed by atoms with Crippen molar-refractivity contribution < 1.29 is 4.74 Å². The van der Waals surface area contributed by atoms with Gasteiger partial charge in [0.05, 0.1) is 13.0 Å². The first-order chi connectivity index (χ1) is 9.56. The number of benzene rings is 1. The molecule has 1 aromatic carbocycles. The van der Waals surface area contributed by atoms with Crippen LogP contribution in [0.4, 0.5) is 11.5 Å². The highest BCUT2D eigenvalue weighted by atomic mass is 35.5.